The molecular weight excluding hydrogens is 424 g/mol. The van der Waals surface area contributed by atoms with Gasteiger partial charge in [-0.15, -0.1) is 0 Å². The van der Waals surface area contributed by atoms with Crippen molar-refractivity contribution in [1.29, 1.82) is 0 Å². The number of aliphatic imine (C=N–C) groups is 1. The monoisotopic (exact) mass is 462 g/mol. The number of aromatic nitrogens is 2. The van der Waals surface area contributed by atoms with Crippen LogP contribution in [0.15, 0.2) is 59.3 Å². The van der Waals surface area contributed by atoms with Gasteiger partial charge in [0.1, 0.15) is 23.2 Å². The lowest BCUT2D eigenvalue weighted by molar-refractivity contribution is 0.0354. The molecule has 0 atom stereocenters. The highest BCUT2D eigenvalue weighted by molar-refractivity contribution is 5.94. The van der Waals surface area contributed by atoms with Crippen LogP contribution in [0.5, 0.6) is 5.75 Å². The maximum atomic E-state index is 6.32. The molecule has 2 N–H and O–H groups in total. The number of H-pyrrole nitrogens is 1. The van der Waals surface area contributed by atoms with Gasteiger partial charge in [-0.05, 0) is 63.5 Å². The summed E-state index contributed by atoms with van der Waals surface area (Å²) in [6, 6.07) is 4.60. The van der Waals surface area contributed by atoms with Crippen LogP contribution < -0.4 is 10.1 Å². The molecule has 2 aromatic rings. The van der Waals surface area contributed by atoms with Crippen LogP contribution in [-0.2, 0) is 0 Å². The van der Waals surface area contributed by atoms with E-state index in [2.05, 4.69) is 89.2 Å². The number of ether oxygens (including phenoxy) is 1. The van der Waals surface area contributed by atoms with Crippen molar-refractivity contribution in [1.82, 2.24) is 25.1 Å². The number of amidine groups is 1. The number of benzene rings is 1. The molecule has 0 bridgehead atoms. The third kappa shape index (κ3) is 5.46. The topological polar surface area (TPSA) is 68.8 Å². The Morgan fingerprint density at radius 2 is 1.94 bits per heavy atom. The van der Waals surface area contributed by atoms with Crippen LogP contribution in [0.25, 0.3) is 11.0 Å². The minimum atomic E-state index is 0.170. The number of nitrogens with zero attached hydrogens (tertiary/aromatic N) is 4. The van der Waals surface area contributed by atoms with Crippen molar-refractivity contribution < 1.29 is 4.74 Å². The second kappa shape index (κ2) is 10.8. The summed E-state index contributed by atoms with van der Waals surface area (Å²) in [5.74, 6) is 3.13. The Hall–Kier alpha value is -3.22. The molecule has 0 spiro atoms. The Kier molecular flexibility index (Phi) is 7.60. The molecule has 1 aromatic heterocycles. The number of aryl methyl sites for hydroxylation is 1. The fraction of sp³-hybridized carbons (Fsp3) is 0.481. The van der Waals surface area contributed by atoms with E-state index >= 15 is 0 Å². The maximum Gasteiger partial charge on any atom is 0.148 e. The standard InChI is InChI=1S/C27H38N6O/c1-6-9-20(5)30-25(10-7-2)32-14-21(15-32)31-26(11-8-3)33-16-22(17-33)34-24-13-19(4)12-23-27(24)29-18-28-23/h7,9-13,18,21-22,31H,6,8,14-17H2,1-5H3,(H,28,29)/b10-7-,20-9+,26-11-,30-25-. The molecule has 7 nitrogen and oxygen atoms in total. The van der Waals surface area contributed by atoms with Crippen LogP contribution >= 0.6 is 0 Å². The van der Waals surface area contributed by atoms with Gasteiger partial charge in [0.05, 0.1) is 36.8 Å². The molecule has 2 aliphatic heterocycles. The third-order valence-corrected chi connectivity index (χ3v) is 6.18. The number of hydrogen-bond donors (Lipinski definition) is 2. The number of hydrogen-bond acceptors (Lipinski definition) is 5. The lowest BCUT2D eigenvalue weighted by Crippen LogP contribution is -2.62. The van der Waals surface area contributed by atoms with Crippen molar-refractivity contribution >= 4 is 16.9 Å². The van der Waals surface area contributed by atoms with Gasteiger partial charge in [-0.1, -0.05) is 26.0 Å². The van der Waals surface area contributed by atoms with Crippen LogP contribution in [0.4, 0.5) is 0 Å². The first kappa shape index (κ1) is 23.9. The van der Waals surface area contributed by atoms with E-state index in [1.807, 2.05) is 6.92 Å². The molecule has 0 radical (unpaired) electrons. The second-order valence-corrected chi connectivity index (χ2v) is 9.17. The number of aromatic amines is 1. The fourth-order valence-corrected chi connectivity index (χ4v) is 4.46. The summed E-state index contributed by atoms with van der Waals surface area (Å²) in [5, 5.41) is 3.76. The van der Waals surface area contributed by atoms with Gasteiger partial charge in [-0.25, -0.2) is 9.98 Å². The first-order valence-corrected chi connectivity index (χ1v) is 12.5. The predicted molar refractivity (Wildman–Crippen MR) is 140 cm³/mol. The van der Waals surface area contributed by atoms with Gasteiger partial charge >= 0.3 is 0 Å². The lowest BCUT2D eigenvalue weighted by Gasteiger charge is -2.47. The van der Waals surface area contributed by atoms with E-state index in [0.717, 1.165) is 67.3 Å². The van der Waals surface area contributed by atoms with E-state index in [0.29, 0.717) is 6.04 Å². The average molecular weight is 463 g/mol. The molecule has 1 aromatic carbocycles. The first-order valence-electron chi connectivity index (χ1n) is 12.5. The summed E-state index contributed by atoms with van der Waals surface area (Å²) in [6.45, 7) is 14.2. The summed E-state index contributed by atoms with van der Waals surface area (Å²) in [6.07, 6.45) is 12.5. The highest BCUT2D eigenvalue weighted by atomic mass is 16.5. The Bertz CT molecular complexity index is 1100. The average Bonchev–Trinajstić information content (AvgIpc) is 3.20. The quantitative estimate of drug-likeness (QED) is 0.416. The molecule has 4 rings (SSSR count). The van der Waals surface area contributed by atoms with Gasteiger partial charge in [0.15, 0.2) is 0 Å². The molecule has 0 saturated carbocycles. The number of likely N-dealkylation sites (tertiary alicyclic amines) is 2. The van der Waals surface area contributed by atoms with Crippen molar-refractivity contribution in [2.24, 2.45) is 4.99 Å². The summed E-state index contributed by atoms with van der Waals surface area (Å²) in [5.41, 5.74) is 4.18. The minimum absolute atomic E-state index is 0.170. The molecule has 182 valence electrons. The van der Waals surface area contributed by atoms with E-state index in [9.17, 15) is 0 Å². The molecule has 2 saturated heterocycles. The Morgan fingerprint density at radius 3 is 2.65 bits per heavy atom. The SMILES string of the molecule is C\C=C/C(=N/C(C)=C/CC)N1CC(N/C(=C/CC)N2CC(Oc3cc(C)cc4[nH]cnc34)C2)C1. The van der Waals surface area contributed by atoms with Crippen molar-refractivity contribution in [3.8, 4) is 5.75 Å². The summed E-state index contributed by atoms with van der Waals surface area (Å²) in [7, 11) is 0. The van der Waals surface area contributed by atoms with Gasteiger partial charge in [-0.2, -0.15) is 0 Å². The van der Waals surface area contributed by atoms with Crippen molar-refractivity contribution in [2.75, 3.05) is 26.2 Å². The summed E-state index contributed by atoms with van der Waals surface area (Å²) < 4.78 is 6.32. The molecular formula is C27H38N6O. The van der Waals surface area contributed by atoms with Crippen LogP contribution in [0.1, 0.15) is 46.1 Å². The van der Waals surface area contributed by atoms with E-state index in [1.54, 1.807) is 6.33 Å². The molecule has 7 heteroatoms. The van der Waals surface area contributed by atoms with Crippen molar-refractivity contribution in [3.63, 3.8) is 0 Å². The molecule has 2 aliphatic rings. The van der Waals surface area contributed by atoms with Crippen molar-refractivity contribution in [3.05, 3.63) is 59.8 Å². The first-order chi connectivity index (χ1) is 16.5. The zero-order chi connectivity index (χ0) is 24.1. The molecule has 0 unspecified atom stereocenters. The van der Waals surface area contributed by atoms with Crippen LogP contribution in [0.3, 0.4) is 0 Å². The van der Waals surface area contributed by atoms with Crippen LogP contribution in [-0.4, -0.2) is 63.9 Å². The Labute approximate surface area is 203 Å². The van der Waals surface area contributed by atoms with Gasteiger partial charge in [0.25, 0.3) is 0 Å². The zero-order valence-electron chi connectivity index (χ0n) is 21.1. The largest absolute Gasteiger partial charge is 0.484 e. The molecule has 0 aliphatic carbocycles. The Morgan fingerprint density at radius 1 is 1.18 bits per heavy atom. The van der Waals surface area contributed by atoms with Gasteiger partial charge in [0, 0.05) is 18.8 Å². The van der Waals surface area contributed by atoms with Crippen molar-refractivity contribution in [2.45, 2.75) is 59.6 Å². The fourth-order valence-electron chi connectivity index (χ4n) is 4.46. The summed E-state index contributed by atoms with van der Waals surface area (Å²) in [4.78, 5) is 17.1. The molecule has 34 heavy (non-hydrogen) atoms. The van der Waals surface area contributed by atoms with Crippen LogP contribution in [0, 0.1) is 6.92 Å². The number of allylic oxidation sites excluding steroid dienone is 4. The normalized spacial score (nSPS) is 18.6. The smallest absolute Gasteiger partial charge is 0.148 e. The van der Waals surface area contributed by atoms with Gasteiger partial charge in [0.2, 0.25) is 0 Å². The van der Waals surface area contributed by atoms with Crippen LogP contribution in [0.2, 0.25) is 0 Å². The highest BCUT2D eigenvalue weighted by Gasteiger charge is 2.34. The van der Waals surface area contributed by atoms with Gasteiger partial charge in [-0.3, -0.25) is 0 Å². The zero-order valence-corrected chi connectivity index (χ0v) is 21.1. The predicted octanol–water partition coefficient (Wildman–Crippen LogP) is 4.75. The van der Waals surface area contributed by atoms with E-state index < -0.39 is 0 Å². The minimum Gasteiger partial charge on any atom is -0.484 e. The maximum absolute atomic E-state index is 6.32. The van der Waals surface area contributed by atoms with Gasteiger partial charge < -0.3 is 24.8 Å². The highest BCUT2D eigenvalue weighted by Crippen LogP contribution is 2.28. The summed E-state index contributed by atoms with van der Waals surface area (Å²) >= 11 is 0. The molecule has 0 amide bonds. The number of imidazole rings is 1. The second-order valence-electron chi connectivity index (χ2n) is 9.17. The van der Waals surface area contributed by atoms with E-state index in [-0.39, 0.29) is 6.10 Å². The van der Waals surface area contributed by atoms with E-state index in [1.165, 1.54) is 11.4 Å². The lowest BCUT2D eigenvalue weighted by atomic mass is 10.1. The molecule has 3 heterocycles. The Balaban J connectivity index is 1.31. The van der Waals surface area contributed by atoms with E-state index in [4.69, 9.17) is 9.73 Å². The number of rotatable bonds is 9. The molecule has 2 fully saturated rings. The third-order valence-electron chi connectivity index (χ3n) is 6.18. The number of nitrogens with one attached hydrogen (secondary N) is 2. The number of fused-ring (bicyclic) bond motifs is 1.